The van der Waals surface area contributed by atoms with Gasteiger partial charge in [-0.2, -0.15) is 13.2 Å². The molecule has 8 nitrogen and oxygen atoms in total. The first-order chi connectivity index (χ1) is 17.0. The maximum Gasteiger partial charge on any atom is 0.416 e. The number of ether oxygens (including phenoxy) is 4. The predicted molar refractivity (Wildman–Crippen MR) is 121 cm³/mol. The molecule has 0 spiro atoms. The molecule has 36 heavy (non-hydrogen) atoms. The molecule has 0 saturated carbocycles. The zero-order valence-electron chi connectivity index (χ0n) is 20.0. The predicted octanol–water partition coefficient (Wildman–Crippen LogP) is 4.71. The Kier molecular flexibility index (Phi) is 8.11. The molecule has 1 N–H and O–H groups in total. The number of ketones is 1. The van der Waals surface area contributed by atoms with Crippen molar-refractivity contribution in [2.45, 2.75) is 44.7 Å². The van der Waals surface area contributed by atoms with E-state index in [4.69, 9.17) is 18.9 Å². The van der Waals surface area contributed by atoms with Crippen molar-refractivity contribution in [3.05, 3.63) is 59.2 Å². The topological polar surface area (TPSA) is 100 Å². The van der Waals surface area contributed by atoms with E-state index in [1.165, 1.54) is 37.4 Å². The number of halogens is 3. The molecular weight excluding hydrogens is 483 g/mol. The summed E-state index contributed by atoms with van der Waals surface area (Å²) in [6.45, 7) is 3.52. The molecule has 1 heterocycles. The minimum atomic E-state index is -4.65. The molecule has 11 heteroatoms. The molecular formula is C25H26F3NO7. The average molecular weight is 509 g/mol. The van der Waals surface area contributed by atoms with E-state index in [0.29, 0.717) is 12.2 Å². The lowest BCUT2D eigenvalue weighted by molar-refractivity contribution is -0.144. The Morgan fingerprint density at radius 3 is 2.47 bits per heavy atom. The molecule has 1 amide bonds. The highest BCUT2D eigenvalue weighted by molar-refractivity contribution is 6.04. The Labute approximate surface area is 205 Å². The third kappa shape index (κ3) is 5.72. The molecule has 2 aromatic carbocycles. The van der Waals surface area contributed by atoms with Gasteiger partial charge in [0, 0.05) is 6.07 Å². The van der Waals surface area contributed by atoms with Crippen molar-refractivity contribution in [1.29, 1.82) is 0 Å². The molecule has 194 valence electrons. The van der Waals surface area contributed by atoms with Gasteiger partial charge in [-0.1, -0.05) is 32.4 Å². The summed E-state index contributed by atoms with van der Waals surface area (Å²) >= 11 is 0. The van der Waals surface area contributed by atoms with Gasteiger partial charge in [-0.15, -0.1) is 0 Å². The van der Waals surface area contributed by atoms with E-state index in [9.17, 15) is 27.6 Å². The Morgan fingerprint density at radius 1 is 1.14 bits per heavy atom. The number of carbonyl (C=O) groups is 3. The standard InChI is InChI=1S/C25H26F3NO7/c1-5-13(2)19(23(31)34-4)29-24(32)36-22-20(30)17-10-9-16(33-3)12-18(17)35-21(22)14-7-6-8-15(11-14)25(26,27)28/h6-13,19,21-22H,5H2,1-4H3,(H,29,32)/t13-,19+,21-,22?/m0/s1. The van der Waals surface area contributed by atoms with Gasteiger partial charge in [-0.05, 0) is 35.7 Å². The summed E-state index contributed by atoms with van der Waals surface area (Å²) in [5.41, 5.74) is -0.933. The van der Waals surface area contributed by atoms with Crippen LogP contribution in [0.3, 0.4) is 0 Å². The number of benzene rings is 2. The van der Waals surface area contributed by atoms with Crippen LogP contribution in [0.2, 0.25) is 0 Å². The van der Waals surface area contributed by atoms with Crippen molar-refractivity contribution in [2.24, 2.45) is 5.92 Å². The van der Waals surface area contributed by atoms with Gasteiger partial charge >= 0.3 is 18.2 Å². The lowest BCUT2D eigenvalue weighted by Gasteiger charge is -2.33. The molecule has 0 fully saturated rings. The zero-order chi connectivity index (χ0) is 26.6. The van der Waals surface area contributed by atoms with Crippen molar-refractivity contribution >= 4 is 17.8 Å². The van der Waals surface area contributed by atoms with Crippen LogP contribution in [0, 0.1) is 5.92 Å². The van der Waals surface area contributed by atoms with Crippen molar-refractivity contribution in [3.8, 4) is 11.5 Å². The Morgan fingerprint density at radius 2 is 1.86 bits per heavy atom. The van der Waals surface area contributed by atoms with Crippen LogP contribution in [0.25, 0.3) is 0 Å². The van der Waals surface area contributed by atoms with Crippen LogP contribution in [0.4, 0.5) is 18.0 Å². The van der Waals surface area contributed by atoms with Gasteiger partial charge in [0.15, 0.2) is 6.10 Å². The third-order valence-electron chi connectivity index (χ3n) is 5.96. The van der Waals surface area contributed by atoms with Crippen LogP contribution in [0.15, 0.2) is 42.5 Å². The summed E-state index contributed by atoms with van der Waals surface area (Å²) in [5, 5.41) is 2.39. The number of rotatable bonds is 7. The van der Waals surface area contributed by atoms with Crippen LogP contribution in [-0.2, 0) is 20.4 Å². The van der Waals surface area contributed by atoms with Crippen LogP contribution < -0.4 is 14.8 Å². The molecule has 0 aliphatic carbocycles. The molecule has 0 radical (unpaired) electrons. The first-order valence-electron chi connectivity index (χ1n) is 11.1. The van der Waals surface area contributed by atoms with Crippen LogP contribution >= 0.6 is 0 Å². The summed E-state index contributed by atoms with van der Waals surface area (Å²) in [4.78, 5) is 38.3. The molecule has 0 saturated heterocycles. The van der Waals surface area contributed by atoms with Gasteiger partial charge in [-0.3, -0.25) is 4.79 Å². The molecule has 1 aliphatic rings. The first kappa shape index (κ1) is 26.8. The number of methoxy groups -OCH3 is 2. The fourth-order valence-corrected chi connectivity index (χ4v) is 3.74. The van der Waals surface area contributed by atoms with Crippen LogP contribution in [0.1, 0.15) is 47.9 Å². The number of hydrogen-bond acceptors (Lipinski definition) is 7. The minimum Gasteiger partial charge on any atom is -0.497 e. The summed E-state index contributed by atoms with van der Waals surface area (Å²) in [7, 11) is 2.57. The van der Waals surface area contributed by atoms with E-state index in [1.54, 1.807) is 13.8 Å². The smallest absolute Gasteiger partial charge is 0.416 e. The Bertz CT molecular complexity index is 1130. The number of amides is 1. The minimum absolute atomic E-state index is 0.0316. The van der Waals surface area contributed by atoms with Crippen molar-refractivity contribution in [2.75, 3.05) is 14.2 Å². The molecule has 4 atom stereocenters. The fraction of sp³-hybridized carbons (Fsp3) is 0.400. The second-order valence-corrected chi connectivity index (χ2v) is 8.24. The van der Waals surface area contributed by atoms with Crippen LogP contribution in [-0.4, -0.2) is 44.2 Å². The zero-order valence-corrected chi connectivity index (χ0v) is 20.0. The summed E-state index contributed by atoms with van der Waals surface area (Å²) in [6, 6.07) is 7.47. The number of Topliss-reactive ketones (excluding diaryl/α,β-unsaturated/α-hetero) is 1. The van der Waals surface area contributed by atoms with Crippen molar-refractivity contribution < 1.29 is 46.5 Å². The van der Waals surface area contributed by atoms with Crippen molar-refractivity contribution in [1.82, 2.24) is 5.32 Å². The highest BCUT2D eigenvalue weighted by Gasteiger charge is 2.43. The Hall–Kier alpha value is -3.76. The lowest BCUT2D eigenvalue weighted by atomic mass is 9.92. The van der Waals surface area contributed by atoms with E-state index in [0.717, 1.165) is 19.2 Å². The maximum atomic E-state index is 13.4. The lowest BCUT2D eigenvalue weighted by Crippen LogP contribution is -2.49. The van der Waals surface area contributed by atoms with Gasteiger partial charge in [-0.25, -0.2) is 9.59 Å². The van der Waals surface area contributed by atoms with E-state index in [2.05, 4.69) is 5.32 Å². The van der Waals surface area contributed by atoms with E-state index < -0.39 is 47.8 Å². The first-order valence-corrected chi connectivity index (χ1v) is 11.1. The fourth-order valence-electron chi connectivity index (χ4n) is 3.74. The second kappa shape index (κ2) is 10.9. The molecule has 0 aromatic heterocycles. The largest absolute Gasteiger partial charge is 0.497 e. The van der Waals surface area contributed by atoms with Gasteiger partial charge < -0.3 is 24.3 Å². The van der Waals surface area contributed by atoms with Gasteiger partial charge in [0.1, 0.15) is 17.5 Å². The highest BCUT2D eigenvalue weighted by Crippen LogP contribution is 2.40. The number of alkyl carbamates (subject to hydrolysis) is 1. The Balaban J connectivity index is 1.99. The number of carbonyl (C=O) groups excluding carboxylic acids is 3. The van der Waals surface area contributed by atoms with E-state index in [1.807, 2.05) is 0 Å². The summed E-state index contributed by atoms with van der Waals surface area (Å²) in [5.74, 6) is -1.30. The SMILES string of the molecule is CC[C@H](C)[C@@H](NC(=O)OC1C(=O)c2ccc(OC)cc2O[C@H]1c1cccc(C(F)(F)F)c1)C(=O)OC. The average Bonchev–Trinajstić information content (AvgIpc) is 2.87. The second-order valence-electron chi connectivity index (χ2n) is 8.24. The molecule has 0 bridgehead atoms. The summed E-state index contributed by atoms with van der Waals surface area (Å²) in [6.07, 6.45) is -8.28. The maximum absolute atomic E-state index is 13.4. The van der Waals surface area contributed by atoms with Crippen LogP contribution in [0.5, 0.6) is 11.5 Å². The highest BCUT2D eigenvalue weighted by atomic mass is 19.4. The molecule has 2 aromatic rings. The number of alkyl halides is 3. The van der Waals surface area contributed by atoms with Gasteiger partial charge in [0.25, 0.3) is 0 Å². The number of esters is 1. The molecule has 1 aliphatic heterocycles. The third-order valence-corrected chi connectivity index (χ3v) is 5.96. The monoisotopic (exact) mass is 509 g/mol. The van der Waals surface area contributed by atoms with Gasteiger partial charge in [0.2, 0.25) is 11.9 Å². The normalized spacial score (nSPS) is 18.8. The molecule has 1 unspecified atom stereocenters. The van der Waals surface area contributed by atoms with Crippen molar-refractivity contribution in [3.63, 3.8) is 0 Å². The quantitative estimate of drug-likeness (QED) is 0.540. The number of nitrogens with one attached hydrogen (secondary N) is 1. The van der Waals surface area contributed by atoms with Gasteiger partial charge in [0.05, 0.1) is 25.3 Å². The summed E-state index contributed by atoms with van der Waals surface area (Å²) < 4.78 is 61.2. The number of hydrogen-bond donors (Lipinski definition) is 1. The molecule has 3 rings (SSSR count). The van der Waals surface area contributed by atoms with E-state index >= 15 is 0 Å². The number of fused-ring (bicyclic) bond motifs is 1. The van der Waals surface area contributed by atoms with E-state index in [-0.39, 0.29) is 22.8 Å².